The third-order valence-electron chi connectivity index (χ3n) is 3.40. The Kier molecular flexibility index (Phi) is 7.48. The van der Waals surface area contributed by atoms with Crippen molar-refractivity contribution in [1.82, 2.24) is 4.90 Å². The van der Waals surface area contributed by atoms with Crippen LogP contribution in [0.3, 0.4) is 0 Å². The van der Waals surface area contributed by atoms with Crippen LogP contribution in [0.2, 0.25) is 0 Å². The molecule has 0 saturated carbocycles. The number of rotatable bonds is 8. The molecule has 1 rings (SSSR count). The van der Waals surface area contributed by atoms with Crippen LogP contribution < -0.4 is 5.73 Å². The maximum atomic E-state index is 12.9. The van der Waals surface area contributed by atoms with Crippen molar-refractivity contribution in [3.63, 3.8) is 0 Å². The molecule has 0 aromatic heterocycles. The highest BCUT2D eigenvalue weighted by Crippen LogP contribution is 2.17. The molecule has 2 atom stereocenters. The molecular formula is C17H27FN2O2. The Hall–Kier alpha value is -1.46. The molecule has 0 aliphatic carbocycles. The fourth-order valence-electron chi connectivity index (χ4n) is 2.23. The first-order chi connectivity index (χ1) is 10.3. The number of hydrogen-bond acceptors (Lipinski definition) is 3. The van der Waals surface area contributed by atoms with E-state index in [1.165, 1.54) is 12.1 Å². The van der Waals surface area contributed by atoms with E-state index in [-0.39, 0.29) is 24.3 Å². The van der Waals surface area contributed by atoms with Gasteiger partial charge in [-0.15, -0.1) is 0 Å². The quantitative estimate of drug-likeness (QED) is 0.775. The predicted molar refractivity (Wildman–Crippen MR) is 85.7 cm³/mol. The summed E-state index contributed by atoms with van der Waals surface area (Å²) in [6.07, 6.45) is 0.180. The Balaban J connectivity index is 2.70. The van der Waals surface area contributed by atoms with Crippen LogP contribution in [-0.2, 0) is 4.79 Å². The van der Waals surface area contributed by atoms with Crippen molar-refractivity contribution in [2.45, 2.75) is 45.8 Å². The number of benzene rings is 1. The number of carbonyl (C=O) groups excluding carboxylic acids is 1. The minimum absolute atomic E-state index is 0.00726. The molecule has 4 nitrogen and oxygen atoms in total. The maximum Gasteiger partial charge on any atom is 0.222 e. The molecule has 0 spiro atoms. The van der Waals surface area contributed by atoms with E-state index in [0.29, 0.717) is 30.9 Å². The molecule has 22 heavy (non-hydrogen) atoms. The number of amides is 1. The van der Waals surface area contributed by atoms with Crippen LogP contribution in [0.5, 0.6) is 0 Å². The van der Waals surface area contributed by atoms with E-state index < -0.39 is 6.10 Å². The van der Waals surface area contributed by atoms with Gasteiger partial charge in [-0.1, -0.05) is 26.0 Å². The lowest BCUT2D eigenvalue weighted by Gasteiger charge is -2.27. The summed E-state index contributed by atoms with van der Waals surface area (Å²) in [6.45, 7) is 6.71. The summed E-state index contributed by atoms with van der Waals surface area (Å²) in [4.78, 5) is 14.0. The zero-order chi connectivity index (χ0) is 16.7. The lowest BCUT2D eigenvalue weighted by Crippen LogP contribution is -2.38. The molecule has 0 bridgehead atoms. The lowest BCUT2D eigenvalue weighted by atomic mass is 10.1. The number of nitrogens with two attached hydrogens (primary N) is 1. The number of aliphatic hydroxyl groups excluding tert-OH is 1. The fourth-order valence-corrected chi connectivity index (χ4v) is 2.23. The standard InChI is InChI=1S/C17H27FN2O2/c1-12(2)10-20(17(22)9-4-13(3)19)11-16(21)14-5-7-15(18)8-6-14/h5-8,12-13,16,21H,4,9-11,19H2,1-3H3. The summed E-state index contributed by atoms with van der Waals surface area (Å²) in [5, 5.41) is 10.3. The minimum Gasteiger partial charge on any atom is -0.387 e. The van der Waals surface area contributed by atoms with Gasteiger partial charge in [-0.2, -0.15) is 0 Å². The first-order valence-electron chi connectivity index (χ1n) is 7.76. The first-order valence-corrected chi connectivity index (χ1v) is 7.76. The SMILES string of the molecule is CC(C)CN(CC(O)c1ccc(F)cc1)C(=O)CCC(C)N. The lowest BCUT2D eigenvalue weighted by molar-refractivity contribution is -0.133. The summed E-state index contributed by atoms with van der Waals surface area (Å²) in [5.41, 5.74) is 6.30. The van der Waals surface area contributed by atoms with Crippen molar-refractivity contribution < 1.29 is 14.3 Å². The van der Waals surface area contributed by atoms with Gasteiger partial charge in [0, 0.05) is 19.0 Å². The van der Waals surface area contributed by atoms with Crippen LogP contribution in [0.1, 0.15) is 45.3 Å². The number of carbonyl (C=O) groups is 1. The normalized spacial score (nSPS) is 14.0. The van der Waals surface area contributed by atoms with Crippen molar-refractivity contribution >= 4 is 5.91 Å². The van der Waals surface area contributed by atoms with Gasteiger partial charge in [0.25, 0.3) is 0 Å². The summed E-state index contributed by atoms with van der Waals surface area (Å²) >= 11 is 0. The van der Waals surface area contributed by atoms with Gasteiger partial charge in [-0.05, 0) is 37.0 Å². The van der Waals surface area contributed by atoms with Crippen molar-refractivity contribution in [2.24, 2.45) is 11.7 Å². The van der Waals surface area contributed by atoms with Crippen LogP contribution in [0.15, 0.2) is 24.3 Å². The highest BCUT2D eigenvalue weighted by Gasteiger charge is 2.19. The average Bonchev–Trinajstić information content (AvgIpc) is 2.44. The minimum atomic E-state index is -0.821. The molecule has 3 N–H and O–H groups in total. The van der Waals surface area contributed by atoms with E-state index in [0.717, 1.165) is 0 Å². The molecule has 0 aliphatic rings. The van der Waals surface area contributed by atoms with Crippen LogP contribution >= 0.6 is 0 Å². The monoisotopic (exact) mass is 310 g/mol. The predicted octanol–water partition coefficient (Wildman–Crippen LogP) is 2.47. The third kappa shape index (κ3) is 6.54. The second kappa shape index (κ2) is 8.86. The van der Waals surface area contributed by atoms with Crippen LogP contribution in [0, 0.1) is 11.7 Å². The highest BCUT2D eigenvalue weighted by atomic mass is 19.1. The van der Waals surface area contributed by atoms with Gasteiger partial charge in [0.05, 0.1) is 12.6 Å². The molecule has 0 aliphatic heterocycles. The largest absolute Gasteiger partial charge is 0.387 e. The summed E-state index contributed by atoms with van der Waals surface area (Å²) in [6, 6.07) is 5.68. The number of hydrogen-bond donors (Lipinski definition) is 2. The Morgan fingerprint density at radius 1 is 1.23 bits per heavy atom. The van der Waals surface area contributed by atoms with Gasteiger partial charge in [0.1, 0.15) is 5.82 Å². The van der Waals surface area contributed by atoms with E-state index in [2.05, 4.69) is 0 Å². The van der Waals surface area contributed by atoms with Crippen molar-refractivity contribution in [2.75, 3.05) is 13.1 Å². The molecule has 5 heteroatoms. The van der Waals surface area contributed by atoms with E-state index in [1.807, 2.05) is 20.8 Å². The summed E-state index contributed by atoms with van der Waals surface area (Å²) in [5.74, 6) is -0.0465. The third-order valence-corrected chi connectivity index (χ3v) is 3.40. The van der Waals surface area contributed by atoms with Gasteiger partial charge in [-0.25, -0.2) is 4.39 Å². The number of nitrogens with zero attached hydrogens (tertiary/aromatic N) is 1. The first kappa shape index (κ1) is 18.6. The average molecular weight is 310 g/mol. The van der Waals surface area contributed by atoms with Gasteiger partial charge < -0.3 is 15.7 Å². The zero-order valence-corrected chi connectivity index (χ0v) is 13.6. The molecule has 0 radical (unpaired) electrons. The Bertz CT molecular complexity index is 460. The van der Waals surface area contributed by atoms with Gasteiger partial charge in [-0.3, -0.25) is 4.79 Å². The molecule has 2 unspecified atom stereocenters. The molecule has 0 heterocycles. The van der Waals surface area contributed by atoms with Crippen LogP contribution in [0.25, 0.3) is 0 Å². The second-order valence-corrected chi connectivity index (χ2v) is 6.28. The zero-order valence-electron chi connectivity index (χ0n) is 13.6. The van der Waals surface area contributed by atoms with Crippen LogP contribution in [0.4, 0.5) is 4.39 Å². The fraction of sp³-hybridized carbons (Fsp3) is 0.588. The van der Waals surface area contributed by atoms with Crippen LogP contribution in [-0.4, -0.2) is 35.0 Å². The molecule has 1 amide bonds. The molecule has 1 aromatic carbocycles. The topological polar surface area (TPSA) is 66.6 Å². The summed E-state index contributed by atoms with van der Waals surface area (Å²) < 4.78 is 12.9. The molecule has 0 saturated heterocycles. The van der Waals surface area contributed by atoms with Gasteiger partial charge >= 0.3 is 0 Å². The Labute approximate surface area is 132 Å². The Morgan fingerprint density at radius 2 is 1.82 bits per heavy atom. The smallest absolute Gasteiger partial charge is 0.222 e. The Morgan fingerprint density at radius 3 is 2.32 bits per heavy atom. The van der Waals surface area contributed by atoms with E-state index in [1.54, 1.807) is 17.0 Å². The molecular weight excluding hydrogens is 283 g/mol. The van der Waals surface area contributed by atoms with Gasteiger partial charge in [0.15, 0.2) is 0 Å². The van der Waals surface area contributed by atoms with Gasteiger partial charge in [0.2, 0.25) is 5.91 Å². The molecule has 0 fully saturated rings. The molecule has 1 aromatic rings. The van der Waals surface area contributed by atoms with Crippen molar-refractivity contribution in [1.29, 1.82) is 0 Å². The van der Waals surface area contributed by atoms with E-state index in [4.69, 9.17) is 5.73 Å². The number of halogens is 1. The van der Waals surface area contributed by atoms with Crippen molar-refractivity contribution in [3.8, 4) is 0 Å². The second-order valence-electron chi connectivity index (χ2n) is 6.28. The summed E-state index contributed by atoms with van der Waals surface area (Å²) in [7, 11) is 0. The highest BCUT2D eigenvalue weighted by molar-refractivity contribution is 5.76. The van der Waals surface area contributed by atoms with E-state index in [9.17, 15) is 14.3 Å². The van der Waals surface area contributed by atoms with E-state index >= 15 is 0 Å². The molecule has 124 valence electrons. The number of aliphatic hydroxyl groups is 1. The maximum absolute atomic E-state index is 12.9. The van der Waals surface area contributed by atoms with Crippen molar-refractivity contribution in [3.05, 3.63) is 35.6 Å².